The molecule has 1 aromatic heterocycles. The van der Waals surface area contributed by atoms with Crippen LogP contribution in [0.15, 0.2) is 53.1 Å². The summed E-state index contributed by atoms with van der Waals surface area (Å²) in [5.74, 6) is 0. The van der Waals surface area contributed by atoms with Gasteiger partial charge >= 0.3 is 0 Å². The second-order valence-electron chi connectivity index (χ2n) is 4.44. The van der Waals surface area contributed by atoms with Crippen LogP contribution in [0.2, 0.25) is 0 Å². The normalized spacial score (nSPS) is 10.9. The number of aromatic nitrogens is 1. The molecule has 3 aromatic rings. The molecule has 18 heavy (non-hydrogen) atoms. The van der Waals surface area contributed by atoms with Crippen LogP contribution < -0.4 is 0 Å². The minimum absolute atomic E-state index is 0.929. The Morgan fingerprint density at radius 1 is 1.00 bits per heavy atom. The van der Waals surface area contributed by atoms with Crippen LogP contribution in [0.4, 0.5) is 0 Å². The molecule has 0 bridgehead atoms. The zero-order valence-corrected chi connectivity index (χ0v) is 10.4. The maximum atomic E-state index is 5.54. The minimum atomic E-state index is 0.929. The highest BCUT2D eigenvalue weighted by atomic mass is 16.5. The van der Waals surface area contributed by atoms with Gasteiger partial charge in [-0.15, -0.1) is 0 Å². The molecule has 0 aliphatic rings. The van der Waals surface area contributed by atoms with E-state index in [2.05, 4.69) is 42.4 Å². The summed E-state index contributed by atoms with van der Waals surface area (Å²) in [5.41, 5.74) is 4.20. The van der Waals surface area contributed by atoms with Crippen LogP contribution in [0.5, 0.6) is 0 Å². The van der Waals surface area contributed by atoms with Gasteiger partial charge in [0, 0.05) is 10.9 Å². The molecular weight excluding hydrogens is 222 g/mol. The first-order valence-corrected chi connectivity index (χ1v) is 6.33. The van der Waals surface area contributed by atoms with Crippen molar-refractivity contribution in [3.05, 3.63) is 54.1 Å². The van der Waals surface area contributed by atoms with E-state index >= 15 is 0 Å². The lowest BCUT2D eigenvalue weighted by Gasteiger charge is -1.99. The third-order valence-corrected chi connectivity index (χ3v) is 3.15. The average Bonchev–Trinajstić information content (AvgIpc) is 2.85. The molecule has 3 rings (SSSR count). The molecule has 2 aromatic carbocycles. The van der Waals surface area contributed by atoms with Crippen LogP contribution >= 0.6 is 0 Å². The van der Waals surface area contributed by atoms with Crippen LogP contribution in [0.3, 0.4) is 0 Å². The predicted octanol–water partition coefficient (Wildman–Crippen LogP) is 4.45. The number of hydrogen-bond donors (Lipinski definition) is 0. The van der Waals surface area contributed by atoms with Gasteiger partial charge in [0.05, 0.1) is 0 Å². The molecular formula is C16H15NO. The first kappa shape index (κ1) is 11.0. The SMILES string of the molecule is CCCc1cccc2c(-c3ccccc3)noc12. The van der Waals surface area contributed by atoms with Crippen LogP contribution in [0.25, 0.3) is 22.2 Å². The number of nitrogens with zero attached hydrogens (tertiary/aromatic N) is 1. The fourth-order valence-corrected chi connectivity index (χ4v) is 2.29. The molecule has 0 amide bonds. The summed E-state index contributed by atoms with van der Waals surface area (Å²) in [4.78, 5) is 0. The van der Waals surface area contributed by atoms with Crippen LogP contribution in [0, 0.1) is 0 Å². The van der Waals surface area contributed by atoms with E-state index in [-0.39, 0.29) is 0 Å². The predicted molar refractivity (Wildman–Crippen MR) is 73.4 cm³/mol. The van der Waals surface area contributed by atoms with E-state index in [1.54, 1.807) is 0 Å². The van der Waals surface area contributed by atoms with Crippen LogP contribution in [-0.2, 0) is 6.42 Å². The molecule has 0 unspecified atom stereocenters. The highest BCUT2D eigenvalue weighted by Gasteiger charge is 2.12. The second-order valence-corrected chi connectivity index (χ2v) is 4.44. The summed E-state index contributed by atoms with van der Waals surface area (Å²) >= 11 is 0. The first-order chi connectivity index (χ1) is 8.90. The maximum Gasteiger partial charge on any atom is 0.170 e. The molecule has 0 saturated heterocycles. The lowest BCUT2D eigenvalue weighted by Crippen LogP contribution is -1.83. The Hall–Kier alpha value is -2.09. The molecule has 90 valence electrons. The number of fused-ring (bicyclic) bond motifs is 1. The Balaban J connectivity index is 2.18. The molecule has 0 atom stereocenters. The van der Waals surface area contributed by atoms with Crippen molar-refractivity contribution < 1.29 is 4.52 Å². The van der Waals surface area contributed by atoms with Gasteiger partial charge in [-0.1, -0.05) is 61.0 Å². The number of para-hydroxylation sites is 1. The fraction of sp³-hybridized carbons (Fsp3) is 0.188. The van der Waals surface area contributed by atoms with Gasteiger partial charge in [0.25, 0.3) is 0 Å². The van der Waals surface area contributed by atoms with Crippen molar-refractivity contribution >= 4 is 11.0 Å². The quantitative estimate of drug-likeness (QED) is 0.672. The number of hydrogen-bond acceptors (Lipinski definition) is 2. The van der Waals surface area contributed by atoms with Crippen molar-refractivity contribution in [1.29, 1.82) is 0 Å². The molecule has 0 aliphatic heterocycles. The molecule has 0 fully saturated rings. The van der Waals surface area contributed by atoms with Gasteiger partial charge < -0.3 is 4.52 Å². The van der Waals surface area contributed by atoms with E-state index in [9.17, 15) is 0 Å². The monoisotopic (exact) mass is 237 g/mol. The third kappa shape index (κ3) is 1.80. The standard InChI is InChI=1S/C16H15NO/c1-2-7-13-10-6-11-14-15(17-18-16(13)14)12-8-4-3-5-9-12/h3-6,8-11H,2,7H2,1H3. The summed E-state index contributed by atoms with van der Waals surface area (Å²) < 4.78 is 5.54. The molecule has 2 heteroatoms. The lowest BCUT2D eigenvalue weighted by molar-refractivity contribution is 0.457. The Kier molecular flexibility index (Phi) is 2.85. The van der Waals surface area contributed by atoms with Crippen molar-refractivity contribution in [3.63, 3.8) is 0 Å². The molecule has 0 spiro atoms. The first-order valence-electron chi connectivity index (χ1n) is 6.33. The maximum absolute atomic E-state index is 5.54. The van der Waals surface area contributed by atoms with Gasteiger partial charge in [-0.3, -0.25) is 0 Å². The summed E-state index contributed by atoms with van der Waals surface area (Å²) in [6.07, 6.45) is 2.14. The largest absolute Gasteiger partial charge is 0.355 e. The molecule has 0 radical (unpaired) electrons. The van der Waals surface area contributed by atoms with E-state index in [1.807, 2.05) is 18.2 Å². The fourth-order valence-electron chi connectivity index (χ4n) is 2.29. The zero-order chi connectivity index (χ0) is 12.4. The van der Waals surface area contributed by atoms with Gasteiger partial charge in [-0.2, -0.15) is 0 Å². The van der Waals surface area contributed by atoms with Crippen LogP contribution in [-0.4, -0.2) is 5.16 Å². The smallest absolute Gasteiger partial charge is 0.170 e. The van der Waals surface area contributed by atoms with Gasteiger partial charge in [0.1, 0.15) is 5.69 Å². The number of benzene rings is 2. The molecule has 2 nitrogen and oxygen atoms in total. The minimum Gasteiger partial charge on any atom is -0.355 e. The van der Waals surface area contributed by atoms with E-state index in [0.717, 1.165) is 35.1 Å². The zero-order valence-electron chi connectivity index (χ0n) is 10.4. The third-order valence-electron chi connectivity index (χ3n) is 3.15. The van der Waals surface area contributed by atoms with Crippen molar-refractivity contribution in [2.24, 2.45) is 0 Å². The summed E-state index contributed by atoms with van der Waals surface area (Å²) in [6.45, 7) is 2.17. The Labute approximate surface area is 106 Å². The number of rotatable bonds is 3. The second kappa shape index (κ2) is 4.65. The Morgan fingerprint density at radius 2 is 1.83 bits per heavy atom. The molecule has 1 heterocycles. The summed E-state index contributed by atoms with van der Waals surface area (Å²) in [7, 11) is 0. The molecule has 0 aliphatic carbocycles. The average molecular weight is 237 g/mol. The van der Waals surface area contributed by atoms with E-state index < -0.39 is 0 Å². The highest BCUT2D eigenvalue weighted by molar-refractivity contribution is 5.93. The van der Waals surface area contributed by atoms with Crippen molar-refractivity contribution in [2.75, 3.05) is 0 Å². The van der Waals surface area contributed by atoms with Gasteiger partial charge in [-0.05, 0) is 18.1 Å². The highest BCUT2D eigenvalue weighted by Crippen LogP contribution is 2.30. The van der Waals surface area contributed by atoms with Crippen LogP contribution in [0.1, 0.15) is 18.9 Å². The van der Waals surface area contributed by atoms with Crippen molar-refractivity contribution in [1.82, 2.24) is 5.16 Å². The van der Waals surface area contributed by atoms with E-state index in [4.69, 9.17) is 4.52 Å². The molecule has 0 saturated carbocycles. The number of aryl methyl sites for hydroxylation is 1. The van der Waals surface area contributed by atoms with Gasteiger partial charge in [0.15, 0.2) is 5.58 Å². The van der Waals surface area contributed by atoms with E-state index in [1.165, 1.54) is 5.56 Å². The van der Waals surface area contributed by atoms with Gasteiger partial charge in [-0.25, -0.2) is 0 Å². The molecule has 0 N–H and O–H groups in total. The Morgan fingerprint density at radius 3 is 2.61 bits per heavy atom. The summed E-state index contributed by atoms with van der Waals surface area (Å²) in [5, 5.41) is 5.34. The van der Waals surface area contributed by atoms with Crippen molar-refractivity contribution in [3.8, 4) is 11.3 Å². The van der Waals surface area contributed by atoms with Crippen molar-refractivity contribution in [2.45, 2.75) is 19.8 Å². The summed E-state index contributed by atoms with van der Waals surface area (Å²) in [6, 6.07) is 16.4. The van der Waals surface area contributed by atoms with E-state index in [0.29, 0.717) is 0 Å². The lowest BCUT2D eigenvalue weighted by atomic mass is 10.0. The van der Waals surface area contributed by atoms with Gasteiger partial charge in [0.2, 0.25) is 0 Å². The Bertz CT molecular complexity index is 655. The topological polar surface area (TPSA) is 26.0 Å².